The summed E-state index contributed by atoms with van der Waals surface area (Å²) in [6.07, 6.45) is 6.60. The van der Waals surface area contributed by atoms with E-state index in [-0.39, 0.29) is 12.1 Å². The van der Waals surface area contributed by atoms with E-state index in [2.05, 4.69) is 31.2 Å². The quantitative estimate of drug-likeness (QED) is 0.788. The minimum Gasteiger partial charge on any atom is -0.380 e. The van der Waals surface area contributed by atoms with E-state index < -0.39 is 0 Å². The van der Waals surface area contributed by atoms with Gasteiger partial charge in [0, 0.05) is 32.0 Å². The predicted molar refractivity (Wildman–Crippen MR) is 80.1 cm³/mol. The Bertz CT molecular complexity index is 752. The van der Waals surface area contributed by atoms with Gasteiger partial charge < -0.3 is 4.74 Å². The third kappa shape index (κ3) is 2.28. The molecule has 7 heteroatoms. The molecule has 3 aromatic heterocycles. The van der Waals surface area contributed by atoms with Crippen LogP contribution in [0.3, 0.4) is 0 Å². The van der Waals surface area contributed by atoms with Crippen molar-refractivity contribution in [1.82, 2.24) is 29.7 Å². The zero-order valence-electron chi connectivity index (χ0n) is 12.4. The monoisotopic (exact) mass is 298 g/mol. The fourth-order valence-corrected chi connectivity index (χ4v) is 3.20. The van der Waals surface area contributed by atoms with Crippen molar-refractivity contribution >= 4 is 5.52 Å². The molecule has 7 nitrogen and oxygen atoms in total. The lowest BCUT2D eigenvalue weighted by atomic mass is 10.2. The van der Waals surface area contributed by atoms with Crippen molar-refractivity contribution in [2.24, 2.45) is 0 Å². The standard InChI is InChI=1S/C15H18N6O/c1-22-12-6-14(15-16-10-17-19-15)20(9-12)8-11-7-18-21-5-3-2-4-13(11)21/h2-5,7,10,12,14H,6,8-9H2,1H3,(H,16,17,19)/t12-,14+/m1/s1. The number of pyridine rings is 1. The maximum atomic E-state index is 5.55. The topological polar surface area (TPSA) is 71.3 Å². The highest BCUT2D eigenvalue weighted by Crippen LogP contribution is 2.33. The van der Waals surface area contributed by atoms with E-state index in [4.69, 9.17) is 4.74 Å². The van der Waals surface area contributed by atoms with Crippen molar-refractivity contribution in [2.45, 2.75) is 25.1 Å². The highest BCUT2D eigenvalue weighted by Gasteiger charge is 2.35. The Hall–Kier alpha value is -2.25. The first kappa shape index (κ1) is 13.4. The fourth-order valence-electron chi connectivity index (χ4n) is 3.20. The van der Waals surface area contributed by atoms with E-state index in [1.807, 2.05) is 29.0 Å². The van der Waals surface area contributed by atoms with Gasteiger partial charge in [-0.15, -0.1) is 0 Å². The van der Waals surface area contributed by atoms with Crippen LogP contribution >= 0.6 is 0 Å². The summed E-state index contributed by atoms with van der Waals surface area (Å²) in [5.41, 5.74) is 2.35. The third-order valence-electron chi connectivity index (χ3n) is 4.33. The molecular formula is C15H18N6O. The molecule has 1 aliphatic heterocycles. The number of aromatic amines is 1. The minimum atomic E-state index is 0.200. The lowest BCUT2D eigenvalue weighted by molar-refractivity contribution is 0.107. The van der Waals surface area contributed by atoms with Crippen LogP contribution in [0.5, 0.6) is 0 Å². The number of fused-ring (bicyclic) bond motifs is 1. The third-order valence-corrected chi connectivity index (χ3v) is 4.33. The van der Waals surface area contributed by atoms with Gasteiger partial charge in [-0.2, -0.15) is 10.2 Å². The summed E-state index contributed by atoms with van der Waals surface area (Å²) in [6, 6.07) is 6.32. The molecule has 3 aromatic rings. The highest BCUT2D eigenvalue weighted by atomic mass is 16.5. The van der Waals surface area contributed by atoms with E-state index in [1.165, 1.54) is 5.56 Å². The molecule has 0 spiro atoms. The number of nitrogens with one attached hydrogen (secondary N) is 1. The van der Waals surface area contributed by atoms with Gasteiger partial charge in [0.25, 0.3) is 0 Å². The summed E-state index contributed by atoms with van der Waals surface area (Å²) < 4.78 is 7.46. The van der Waals surface area contributed by atoms with Gasteiger partial charge >= 0.3 is 0 Å². The highest BCUT2D eigenvalue weighted by molar-refractivity contribution is 5.53. The van der Waals surface area contributed by atoms with Gasteiger partial charge in [0.05, 0.1) is 23.9 Å². The van der Waals surface area contributed by atoms with Crippen molar-refractivity contribution in [3.8, 4) is 0 Å². The van der Waals surface area contributed by atoms with Gasteiger partial charge in [-0.3, -0.25) is 10.00 Å². The summed E-state index contributed by atoms with van der Waals surface area (Å²) in [5.74, 6) is 0.899. The molecule has 0 aliphatic carbocycles. The second kappa shape index (κ2) is 5.51. The molecule has 1 saturated heterocycles. The predicted octanol–water partition coefficient (Wildman–Crippen LogP) is 1.41. The van der Waals surface area contributed by atoms with Gasteiger partial charge in [0.15, 0.2) is 0 Å². The number of ether oxygens (including phenoxy) is 1. The summed E-state index contributed by atoms with van der Waals surface area (Å²) in [5, 5.41) is 11.4. The minimum absolute atomic E-state index is 0.200. The van der Waals surface area contributed by atoms with Gasteiger partial charge in [-0.25, -0.2) is 9.50 Å². The molecule has 0 unspecified atom stereocenters. The first-order chi connectivity index (χ1) is 10.8. The Labute approximate surface area is 127 Å². The molecule has 1 aliphatic rings. The zero-order chi connectivity index (χ0) is 14.9. The molecule has 0 amide bonds. The van der Waals surface area contributed by atoms with Crippen LogP contribution in [0.1, 0.15) is 23.9 Å². The van der Waals surface area contributed by atoms with Crippen LogP contribution in [-0.4, -0.2) is 49.5 Å². The van der Waals surface area contributed by atoms with E-state index in [0.29, 0.717) is 0 Å². The smallest absolute Gasteiger partial charge is 0.141 e. The molecule has 2 atom stereocenters. The van der Waals surface area contributed by atoms with Crippen LogP contribution in [0, 0.1) is 0 Å². The summed E-state index contributed by atoms with van der Waals surface area (Å²) in [7, 11) is 1.76. The van der Waals surface area contributed by atoms with Gasteiger partial charge in [0.1, 0.15) is 12.2 Å². The van der Waals surface area contributed by atoms with Gasteiger partial charge in [0.2, 0.25) is 0 Å². The number of rotatable bonds is 4. The number of methoxy groups -OCH3 is 1. The Kier molecular flexibility index (Phi) is 3.36. The molecule has 22 heavy (non-hydrogen) atoms. The average molecular weight is 298 g/mol. The number of likely N-dealkylation sites (tertiary alicyclic amines) is 1. The zero-order valence-corrected chi connectivity index (χ0v) is 12.4. The SMILES string of the molecule is CO[C@@H]1C[C@@H](c2ncn[nH]2)N(Cc2cnn3ccccc23)C1. The van der Waals surface area contributed by atoms with E-state index in [0.717, 1.165) is 30.9 Å². The Morgan fingerprint density at radius 2 is 2.36 bits per heavy atom. The van der Waals surface area contributed by atoms with E-state index >= 15 is 0 Å². The first-order valence-electron chi connectivity index (χ1n) is 7.38. The molecule has 0 aromatic carbocycles. The van der Waals surface area contributed by atoms with Crippen LogP contribution in [0.2, 0.25) is 0 Å². The van der Waals surface area contributed by atoms with Crippen molar-refractivity contribution in [3.05, 3.63) is 48.3 Å². The lowest BCUT2D eigenvalue weighted by Crippen LogP contribution is -2.25. The van der Waals surface area contributed by atoms with Crippen LogP contribution in [0.15, 0.2) is 36.9 Å². The van der Waals surface area contributed by atoms with E-state index in [9.17, 15) is 0 Å². The second-order valence-corrected chi connectivity index (χ2v) is 5.61. The summed E-state index contributed by atoms with van der Waals surface area (Å²) in [4.78, 5) is 6.70. The van der Waals surface area contributed by atoms with Crippen LogP contribution < -0.4 is 0 Å². The number of aromatic nitrogens is 5. The van der Waals surface area contributed by atoms with Crippen LogP contribution in [-0.2, 0) is 11.3 Å². The molecule has 4 heterocycles. The first-order valence-corrected chi connectivity index (χ1v) is 7.38. The molecule has 0 saturated carbocycles. The van der Waals surface area contributed by atoms with E-state index in [1.54, 1.807) is 13.4 Å². The molecule has 1 N–H and O–H groups in total. The Balaban J connectivity index is 1.62. The molecule has 114 valence electrons. The molecule has 0 bridgehead atoms. The Morgan fingerprint density at radius 1 is 1.41 bits per heavy atom. The van der Waals surface area contributed by atoms with Crippen molar-refractivity contribution in [3.63, 3.8) is 0 Å². The number of hydrogen-bond acceptors (Lipinski definition) is 5. The van der Waals surface area contributed by atoms with Crippen molar-refractivity contribution < 1.29 is 4.74 Å². The second-order valence-electron chi connectivity index (χ2n) is 5.61. The largest absolute Gasteiger partial charge is 0.380 e. The van der Waals surface area contributed by atoms with Crippen LogP contribution in [0.25, 0.3) is 5.52 Å². The number of H-pyrrole nitrogens is 1. The number of nitrogens with zero attached hydrogens (tertiary/aromatic N) is 5. The number of hydrogen-bond donors (Lipinski definition) is 1. The van der Waals surface area contributed by atoms with Gasteiger partial charge in [-0.05, 0) is 18.6 Å². The summed E-state index contributed by atoms with van der Waals surface area (Å²) >= 11 is 0. The Morgan fingerprint density at radius 3 is 3.18 bits per heavy atom. The normalized spacial score (nSPS) is 22.6. The van der Waals surface area contributed by atoms with Crippen molar-refractivity contribution in [1.29, 1.82) is 0 Å². The fraction of sp³-hybridized carbons (Fsp3) is 0.400. The lowest BCUT2D eigenvalue weighted by Gasteiger charge is -2.21. The molecular weight excluding hydrogens is 280 g/mol. The summed E-state index contributed by atoms with van der Waals surface area (Å²) in [6.45, 7) is 1.70. The maximum Gasteiger partial charge on any atom is 0.141 e. The molecule has 1 fully saturated rings. The molecule has 0 radical (unpaired) electrons. The average Bonchev–Trinajstić information content (AvgIpc) is 3.27. The van der Waals surface area contributed by atoms with Gasteiger partial charge in [-0.1, -0.05) is 6.07 Å². The van der Waals surface area contributed by atoms with Crippen LogP contribution in [0.4, 0.5) is 0 Å². The molecule has 4 rings (SSSR count). The maximum absolute atomic E-state index is 5.55. The van der Waals surface area contributed by atoms with Crippen molar-refractivity contribution in [2.75, 3.05) is 13.7 Å².